The summed E-state index contributed by atoms with van der Waals surface area (Å²) >= 11 is 0. The van der Waals surface area contributed by atoms with Crippen LogP contribution in [0.25, 0.3) is 0 Å². The molecule has 106 valence electrons. The minimum absolute atomic E-state index is 0.0726. The van der Waals surface area contributed by atoms with Crippen molar-refractivity contribution in [1.29, 1.82) is 0 Å². The quantitative estimate of drug-likeness (QED) is 0.760. The Kier molecular flexibility index (Phi) is 5.18. The Morgan fingerprint density at radius 1 is 1.42 bits per heavy atom. The molecule has 1 aromatic carbocycles. The van der Waals surface area contributed by atoms with Gasteiger partial charge in [-0.2, -0.15) is 0 Å². The Morgan fingerprint density at radius 3 is 2.63 bits per heavy atom. The first kappa shape index (κ1) is 15.3. The van der Waals surface area contributed by atoms with Gasteiger partial charge in [0.1, 0.15) is 5.75 Å². The summed E-state index contributed by atoms with van der Waals surface area (Å²) in [6, 6.07) is 7.16. The number of amides is 1. The predicted octanol–water partition coefficient (Wildman–Crippen LogP) is 1.27. The lowest BCUT2D eigenvalue weighted by atomic mass is 10.1. The van der Waals surface area contributed by atoms with Gasteiger partial charge >= 0.3 is 0 Å². The van der Waals surface area contributed by atoms with Crippen molar-refractivity contribution >= 4 is 11.6 Å². The van der Waals surface area contributed by atoms with Crippen molar-refractivity contribution in [2.24, 2.45) is 0 Å². The first-order valence-electron chi connectivity index (χ1n) is 6.23. The van der Waals surface area contributed by atoms with Gasteiger partial charge in [0, 0.05) is 13.6 Å². The molecule has 0 fully saturated rings. The number of nitrogen functional groups attached to an aromatic ring is 1. The summed E-state index contributed by atoms with van der Waals surface area (Å²) in [6.07, 6.45) is 0.251. The summed E-state index contributed by atoms with van der Waals surface area (Å²) in [5, 5.41) is 9.64. The first-order valence-corrected chi connectivity index (χ1v) is 6.23. The lowest BCUT2D eigenvalue weighted by Gasteiger charge is -2.25. The van der Waals surface area contributed by atoms with E-state index >= 15 is 0 Å². The molecule has 0 saturated carbocycles. The number of benzene rings is 1. The van der Waals surface area contributed by atoms with Crippen LogP contribution >= 0.6 is 0 Å². The highest BCUT2D eigenvalue weighted by molar-refractivity contribution is 5.76. The molecule has 1 aromatic rings. The fourth-order valence-corrected chi connectivity index (χ4v) is 1.72. The van der Waals surface area contributed by atoms with Crippen LogP contribution in [0.4, 0.5) is 5.69 Å². The molecule has 0 radical (unpaired) electrons. The van der Waals surface area contributed by atoms with E-state index in [9.17, 15) is 9.90 Å². The number of carbonyl (C=O) groups is 1. The van der Waals surface area contributed by atoms with E-state index < -0.39 is 5.60 Å². The second-order valence-electron chi connectivity index (χ2n) is 5.20. The zero-order valence-electron chi connectivity index (χ0n) is 11.7. The largest absolute Gasteiger partial charge is 0.491 e. The summed E-state index contributed by atoms with van der Waals surface area (Å²) in [5.41, 5.74) is 5.39. The SMILES string of the molecule is CN(CC(C)(C)O)C(=O)CCOc1ccccc1N. The number of nitrogens with zero attached hydrogens (tertiary/aromatic N) is 1. The van der Waals surface area contributed by atoms with Gasteiger partial charge in [0.05, 0.1) is 24.3 Å². The second-order valence-corrected chi connectivity index (χ2v) is 5.20. The molecule has 5 nitrogen and oxygen atoms in total. The Morgan fingerprint density at radius 2 is 2.05 bits per heavy atom. The smallest absolute Gasteiger partial charge is 0.225 e. The molecule has 0 aliphatic rings. The molecule has 0 heterocycles. The number of rotatable bonds is 6. The van der Waals surface area contributed by atoms with Crippen LogP contribution in [0.15, 0.2) is 24.3 Å². The molecular weight excluding hydrogens is 244 g/mol. The number of aliphatic hydroxyl groups is 1. The maximum atomic E-state index is 11.8. The number of anilines is 1. The maximum Gasteiger partial charge on any atom is 0.225 e. The molecule has 0 aliphatic heterocycles. The van der Waals surface area contributed by atoms with Crippen molar-refractivity contribution in [3.05, 3.63) is 24.3 Å². The predicted molar refractivity (Wildman–Crippen MR) is 74.9 cm³/mol. The van der Waals surface area contributed by atoms with E-state index in [-0.39, 0.29) is 18.9 Å². The van der Waals surface area contributed by atoms with Gasteiger partial charge in [-0.05, 0) is 26.0 Å². The number of hydrogen-bond donors (Lipinski definition) is 2. The van der Waals surface area contributed by atoms with Gasteiger partial charge in [0.25, 0.3) is 0 Å². The molecule has 1 rings (SSSR count). The summed E-state index contributed by atoms with van der Waals surface area (Å²) < 4.78 is 5.45. The Labute approximate surface area is 114 Å². The van der Waals surface area contributed by atoms with Crippen molar-refractivity contribution in [2.45, 2.75) is 25.9 Å². The van der Waals surface area contributed by atoms with Crippen LogP contribution < -0.4 is 10.5 Å². The Balaban J connectivity index is 2.37. The monoisotopic (exact) mass is 266 g/mol. The molecule has 0 saturated heterocycles. The topological polar surface area (TPSA) is 75.8 Å². The number of likely N-dealkylation sites (N-methyl/N-ethyl adjacent to an activating group) is 1. The van der Waals surface area contributed by atoms with Gasteiger partial charge in [-0.3, -0.25) is 4.79 Å². The molecule has 0 aliphatic carbocycles. The Bertz CT molecular complexity index is 427. The van der Waals surface area contributed by atoms with Crippen LogP contribution in [0.3, 0.4) is 0 Å². The molecule has 0 bridgehead atoms. The molecule has 5 heteroatoms. The third-order valence-corrected chi connectivity index (χ3v) is 2.54. The Hall–Kier alpha value is -1.75. The van der Waals surface area contributed by atoms with E-state index in [0.29, 0.717) is 18.0 Å². The average Bonchev–Trinajstić information content (AvgIpc) is 2.29. The number of ether oxygens (including phenoxy) is 1. The highest BCUT2D eigenvalue weighted by atomic mass is 16.5. The molecule has 1 amide bonds. The average molecular weight is 266 g/mol. The number of para-hydroxylation sites is 2. The van der Waals surface area contributed by atoms with Crippen LogP contribution in [0.1, 0.15) is 20.3 Å². The standard InChI is InChI=1S/C14H22N2O3/c1-14(2,18)10-16(3)13(17)8-9-19-12-7-5-4-6-11(12)15/h4-7,18H,8-10,15H2,1-3H3. The summed E-state index contributed by atoms with van der Waals surface area (Å²) in [4.78, 5) is 13.3. The lowest BCUT2D eigenvalue weighted by molar-refractivity contribution is -0.133. The van der Waals surface area contributed by atoms with E-state index in [4.69, 9.17) is 10.5 Å². The fourth-order valence-electron chi connectivity index (χ4n) is 1.72. The minimum atomic E-state index is -0.894. The van der Waals surface area contributed by atoms with Gasteiger partial charge in [-0.15, -0.1) is 0 Å². The summed E-state index contributed by atoms with van der Waals surface area (Å²) in [7, 11) is 1.66. The molecule has 0 spiro atoms. The number of hydrogen-bond acceptors (Lipinski definition) is 4. The fraction of sp³-hybridized carbons (Fsp3) is 0.500. The van der Waals surface area contributed by atoms with Crippen molar-refractivity contribution < 1.29 is 14.6 Å². The lowest BCUT2D eigenvalue weighted by Crippen LogP contribution is -2.40. The zero-order valence-corrected chi connectivity index (χ0v) is 11.7. The highest BCUT2D eigenvalue weighted by Crippen LogP contribution is 2.19. The van der Waals surface area contributed by atoms with Crippen LogP contribution in [0, 0.1) is 0 Å². The first-order chi connectivity index (χ1) is 8.79. The molecule has 0 unspecified atom stereocenters. The van der Waals surface area contributed by atoms with E-state index in [1.165, 1.54) is 4.90 Å². The van der Waals surface area contributed by atoms with Crippen LogP contribution in [-0.4, -0.2) is 41.7 Å². The summed E-state index contributed by atoms with van der Waals surface area (Å²) in [6.45, 7) is 3.89. The highest BCUT2D eigenvalue weighted by Gasteiger charge is 2.19. The summed E-state index contributed by atoms with van der Waals surface area (Å²) in [5.74, 6) is 0.511. The third kappa shape index (κ3) is 5.61. The van der Waals surface area contributed by atoms with Crippen LogP contribution in [0.2, 0.25) is 0 Å². The van der Waals surface area contributed by atoms with Crippen molar-refractivity contribution in [3.63, 3.8) is 0 Å². The number of carbonyl (C=O) groups excluding carboxylic acids is 1. The van der Waals surface area contributed by atoms with Crippen molar-refractivity contribution in [1.82, 2.24) is 4.90 Å². The van der Waals surface area contributed by atoms with Crippen molar-refractivity contribution in [2.75, 3.05) is 25.9 Å². The second kappa shape index (κ2) is 6.43. The van der Waals surface area contributed by atoms with Crippen molar-refractivity contribution in [3.8, 4) is 5.75 Å². The van der Waals surface area contributed by atoms with Gasteiger partial charge in [-0.1, -0.05) is 12.1 Å². The molecule has 0 aromatic heterocycles. The van der Waals surface area contributed by atoms with E-state index in [2.05, 4.69) is 0 Å². The van der Waals surface area contributed by atoms with Crippen LogP contribution in [-0.2, 0) is 4.79 Å². The minimum Gasteiger partial charge on any atom is -0.491 e. The van der Waals surface area contributed by atoms with E-state index in [0.717, 1.165) is 0 Å². The maximum absolute atomic E-state index is 11.8. The van der Waals surface area contributed by atoms with Gasteiger partial charge in [0.2, 0.25) is 5.91 Å². The number of nitrogens with two attached hydrogens (primary N) is 1. The normalized spacial score (nSPS) is 11.2. The molecule has 19 heavy (non-hydrogen) atoms. The van der Waals surface area contributed by atoms with Crippen LogP contribution in [0.5, 0.6) is 5.75 Å². The van der Waals surface area contributed by atoms with Gasteiger partial charge in [0.15, 0.2) is 0 Å². The third-order valence-electron chi connectivity index (χ3n) is 2.54. The van der Waals surface area contributed by atoms with E-state index in [1.54, 1.807) is 33.0 Å². The molecule has 3 N–H and O–H groups in total. The van der Waals surface area contributed by atoms with E-state index in [1.807, 2.05) is 12.1 Å². The zero-order chi connectivity index (χ0) is 14.5. The van der Waals surface area contributed by atoms with Gasteiger partial charge in [-0.25, -0.2) is 0 Å². The molecular formula is C14H22N2O3. The molecule has 0 atom stereocenters. The van der Waals surface area contributed by atoms with Gasteiger partial charge < -0.3 is 20.5 Å².